The summed E-state index contributed by atoms with van der Waals surface area (Å²) in [4.78, 5) is 22.8. The predicted molar refractivity (Wildman–Crippen MR) is 59.4 cm³/mol. The molecule has 0 unspecified atom stereocenters. The number of thioether (sulfide) groups is 1. The number of anilines is 1. The summed E-state index contributed by atoms with van der Waals surface area (Å²) in [5, 5.41) is 13.0. The van der Waals surface area contributed by atoms with Crippen LogP contribution in [0.15, 0.2) is 23.1 Å². The molecule has 84 valence electrons. The van der Waals surface area contributed by atoms with Crippen LogP contribution in [0.25, 0.3) is 0 Å². The molecular formula is C10H7ClNO3S-. The Balaban J connectivity index is 2.25. The van der Waals surface area contributed by atoms with Crippen molar-refractivity contribution >= 4 is 40.9 Å². The van der Waals surface area contributed by atoms with Crippen molar-refractivity contribution in [3.05, 3.63) is 23.2 Å². The molecule has 0 aliphatic carbocycles. The summed E-state index contributed by atoms with van der Waals surface area (Å²) >= 11 is 6.99. The fourth-order valence-corrected chi connectivity index (χ4v) is 2.66. The number of carboxylic acid groups (broad SMARTS) is 1. The van der Waals surface area contributed by atoms with Crippen LogP contribution < -0.4 is 10.4 Å². The predicted octanol–water partition coefficient (Wildman–Crippen LogP) is 0.893. The maximum Gasteiger partial charge on any atom is 0.238 e. The van der Waals surface area contributed by atoms with E-state index in [9.17, 15) is 14.7 Å². The Morgan fingerprint density at radius 1 is 1.56 bits per heavy atom. The molecule has 1 aliphatic rings. The fraction of sp³-hybridized carbons (Fsp3) is 0.200. The van der Waals surface area contributed by atoms with Crippen LogP contribution in [0.1, 0.15) is 6.42 Å². The normalized spacial score (nSPS) is 18.8. The van der Waals surface area contributed by atoms with Gasteiger partial charge in [-0.25, -0.2) is 0 Å². The van der Waals surface area contributed by atoms with Crippen molar-refractivity contribution in [2.24, 2.45) is 0 Å². The van der Waals surface area contributed by atoms with E-state index in [2.05, 4.69) is 5.32 Å². The molecule has 0 fully saturated rings. The van der Waals surface area contributed by atoms with Gasteiger partial charge in [0.05, 0.1) is 10.9 Å². The van der Waals surface area contributed by atoms with Crippen molar-refractivity contribution in [3.63, 3.8) is 0 Å². The van der Waals surface area contributed by atoms with Crippen LogP contribution in [0.5, 0.6) is 0 Å². The van der Waals surface area contributed by atoms with E-state index in [0.29, 0.717) is 10.7 Å². The lowest BCUT2D eigenvalue weighted by molar-refractivity contribution is -0.305. The van der Waals surface area contributed by atoms with Gasteiger partial charge in [-0.1, -0.05) is 11.6 Å². The second-order valence-electron chi connectivity index (χ2n) is 3.31. The van der Waals surface area contributed by atoms with Gasteiger partial charge in [0.15, 0.2) is 0 Å². The van der Waals surface area contributed by atoms with Crippen molar-refractivity contribution in [2.75, 3.05) is 5.32 Å². The van der Waals surface area contributed by atoms with Crippen molar-refractivity contribution < 1.29 is 14.7 Å². The SMILES string of the molecule is O=C([O-])C[C@@H]1Sc2ccc(Cl)cc2NC1=O. The van der Waals surface area contributed by atoms with Gasteiger partial charge in [-0.15, -0.1) is 11.8 Å². The zero-order valence-corrected chi connectivity index (χ0v) is 9.60. The van der Waals surface area contributed by atoms with Gasteiger partial charge in [-0.05, 0) is 18.2 Å². The minimum atomic E-state index is -1.23. The molecule has 0 radical (unpaired) electrons. The van der Waals surface area contributed by atoms with E-state index >= 15 is 0 Å². The molecule has 0 saturated carbocycles. The lowest BCUT2D eigenvalue weighted by Gasteiger charge is -2.24. The van der Waals surface area contributed by atoms with Crippen LogP contribution in [-0.2, 0) is 9.59 Å². The Labute approximate surface area is 101 Å². The molecule has 1 amide bonds. The van der Waals surface area contributed by atoms with Crippen LogP contribution in [-0.4, -0.2) is 17.1 Å². The highest BCUT2D eigenvalue weighted by Gasteiger charge is 2.26. The van der Waals surface area contributed by atoms with Crippen LogP contribution in [0.4, 0.5) is 5.69 Å². The smallest absolute Gasteiger partial charge is 0.238 e. The molecule has 2 rings (SSSR count). The van der Waals surface area contributed by atoms with Crippen LogP contribution in [0, 0.1) is 0 Å². The fourth-order valence-electron chi connectivity index (χ4n) is 1.41. The van der Waals surface area contributed by atoms with Gasteiger partial charge in [0.2, 0.25) is 5.91 Å². The number of carbonyl (C=O) groups is 2. The Morgan fingerprint density at radius 2 is 2.31 bits per heavy atom. The quantitative estimate of drug-likeness (QED) is 0.853. The van der Waals surface area contributed by atoms with E-state index in [0.717, 1.165) is 4.90 Å². The standard InChI is InChI=1S/C10H8ClNO3S/c11-5-1-2-7-6(3-5)12-10(15)8(16-7)4-9(13)14/h1-3,8H,4H2,(H,12,15)(H,13,14)/p-1/t8-/m0/s1. The second-order valence-corrected chi connectivity index (χ2v) is 4.99. The molecule has 6 heteroatoms. The third kappa shape index (κ3) is 2.31. The second kappa shape index (κ2) is 4.35. The van der Waals surface area contributed by atoms with Crippen LogP contribution in [0.3, 0.4) is 0 Å². The summed E-state index contributed by atoms with van der Waals surface area (Å²) in [6.45, 7) is 0. The summed E-state index contributed by atoms with van der Waals surface area (Å²) in [7, 11) is 0. The molecule has 1 aliphatic heterocycles. The van der Waals surface area contributed by atoms with Crippen LogP contribution in [0.2, 0.25) is 5.02 Å². The highest BCUT2D eigenvalue weighted by Crippen LogP contribution is 2.37. The van der Waals surface area contributed by atoms with E-state index in [4.69, 9.17) is 11.6 Å². The lowest BCUT2D eigenvalue weighted by atomic mass is 10.2. The third-order valence-corrected chi connectivity index (χ3v) is 3.62. The van der Waals surface area contributed by atoms with Crippen molar-refractivity contribution in [3.8, 4) is 0 Å². The molecular weight excluding hydrogens is 250 g/mol. The van der Waals surface area contributed by atoms with Gasteiger partial charge in [-0.2, -0.15) is 0 Å². The third-order valence-electron chi connectivity index (χ3n) is 2.11. The van der Waals surface area contributed by atoms with Gasteiger partial charge in [-0.3, -0.25) is 4.79 Å². The first-order chi connectivity index (χ1) is 7.56. The number of amides is 1. The van der Waals surface area contributed by atoms with E-state index in [1.54, 1.807) is 18.2 Å². The molecule has 0 aromatic heterocycles. The van der Waals surface area contributed by atoms with Gasteiger partial charge in [0, 0.05) is 22.3 Å². The van der Waals surface area contributed by atoms with Gasteiger partial charge >= 0.3 is 0 Å². The summed E-state index contributed by atoms with van der Waals surface area (Å²) in [5.41, 5.74) is 0.622. The number of aliphatic carboxylic acids is 1. The number of hydrogen-bond donors (Lipinski definition) is 1. The number of fused-ring (bicyclic) bond motifs is 1. The Morgan fingerprint density at radius 3 is 3.00 bits per heavy atom. The zero-order chi connectivity index (χ0) is 11.7. The minimum absolute atomic E-state index is 0.293. The molecule has 1 aromatic rings. The molecule has 1 atom stereocenters. The molecule has 1 heterocycles. The first kappa shape index (κ1) is 11.3. The van der Waals surface area contributed by atoms with Crippen molar-refractivity contribution in [1.82, 2.24) is 0 Å². The highest BCUT2D eigenvalue weighted by molar-refractivity contribution is 8.01. The van der Waals surface area contributed by atoms with Gasteiger partial charge in [0.1, 0.15) is 0 Å². The largest absolute Gasteiger partial charge is 0.550 e. The lowest BCUT2D eigenvalue weighted by Crippen LogP contribution is -2.35. The number of carboxylic acids is 1. The molecule has 1 aromatic carbocycles. The van der Waals surface area contributed by atoms with E-state index < -0.39 is 11.2 Å². The molecule has 1 N–H and O–H groups in total. The number of hydrogen-bond acceptors (Lipinski definition) is 4. The van der Waals surface area contributed by atoms with Gasteiger partial charge in [0.25, 0.3) is 0 Å². The average Bonchev–Trinajstić information content (AvgIpc) is 2.19. The topological polar surface area (TPSA) is 69.2 Å². The maximum atomic E-state index is 11.5. The Kier molecular flexibility index (Phi) is 3.07. The Hall–Kier alpha value is -1.20. The number of nitrogens with one attached hydrogen (secondary N) is 1. The molecule has 0 spiro atoms. The Bertz CT molecular complexity index is 463. The number of rotatable bonds is 2. The van der Waals surface area contributed by atoms with Crippen molar-refractivity contribution in [1.29, 1.82) is 0 Å². The summed E-state index contributed by atoms with van der Waals surface area (Å²) in [6, 6.07) is 5.09. The highest BCUT2D eigenvalue weighted by atomic mass is 35.5. The molecule has 0 saturated heterocycles. The van der Waals surface area contributed by atoms with E-state index in [-0.39, 0.29) is 12.3 Å². The summed E-state index contributed by atoms with van der Waals surface area (Å²) in [6.07, 6.45) is -0.293. The average molecular weight is 257 g/mol. The maximum absolute atomic E-state index is 11.5. The summed E-state index contributed by atoms with van der Waals surface area (Å²) in [5.74, 6) is -1.56. The number of halogens is 1. The summed E-state index contributed by atoms with van der Waals surface area (Å²) < 4.78 is 0. The first-order valence-corrected chi connectivity index (χ1v) is 5.79. The van der Waals surface area contributed by atoms with E-state index in [1.807, 2.05) is 0 Å². The molecule has 16 heavy (non-hydrogen) atoms. The van der Waals surface area contributed by atoms with Crippen LogP contribution >= 0.6 is 23.4 Å². The number of carbonyl (C=O) groups excluding carboxylic acids is 2. The minimum Gasteiger partial charge on any atom is -0.550 e. The van der Waals surface area contributed by atoms with E-state index in [1.165, 1.54) is 11.8 Å². The zero-order valence-electron chi connectivity index (χ0n) is 8.03. The van der Waals surface area contributed by atoms with Crippen molar-refractivity contribution in [2.45, 2.75) is 16.6 Å². The first-order valence-electron chi connectivity index (χ1n) is 4.53. The molecule has 0 bridgehead atoms. The number of benzene rings is 1. The monoisotopic (exact) mass is 256 g/mol. The molecule has 4 nitrogen and oxygen atoms in total. The van der Waals surface area contributed by atoms with Gasteiger partial charge < -0.3 is 15.2 Å².